The lowest BCUT2D eigenvalue weighted by molar-refractivity contribution is -0.185. The van der Waals surface area contributed by atoms with E-state index in [0.717, 1.165) is 45.4 Å². The summed E-state index contributed by atoms with van der Waals surface area (Å²) >= 11 is 1.87. The first-order valence-corrected chi connectivity index (χ1v) is 9.86. The minimum atomic E-state index is 0.0507. The first-order valence-electron chi connectivity index (χ1n) is 9.04. The molecule has 1 amide bonds. The fourth-order valence-electron chi connectivity index (χ4n) is 4.23. The van der Waals surface area contributed by atoms with Gasteiger partial charge in [-0.1, -0.05) is 0 Å². The smallest absolute Gasteiger partial charge is 0.249 e. The zero-order valence-electron chi connectivity index (χ0n) is 14.3. The molecule has 3 saturated heterocycles. The lowest BCUT2D eigenvalue weighted by Gasteiger charge is -2.45. The first-order chi connectivity index (χ1) is 11.7. The van der Waals surface area contributed by atoms with Gasteiger partial charge in [0.05, 0.1) is 19.3 Å². The number of thiophene rings is 1. The van der Waals surface area contributed by atoms with Crippen molar-refractivity contribution in [2.24, 2.45) is 11.8 Å². The Kier molecular flexibility index (Phi) is 4.90. The molecule has 3 atom stereocenters. The largest absolute Gasteiger partial charge is 0.378 e. The SMILES string of the molecule is Cc1ccc(CN2CC[C@H]3OCC[C@@H](C(=O)N4CCCO4)[C@@H]3C2)s1. The third-order valence-corrected chi connectivity index (χ3v) is 6.43. The van der Waals surface area contributed by atoms with Gasteiger partial charge in [-0.25, -0.2) is 5.06 Å². The monoisotopic (exact) mass is 350 g/mol. The number of likely N-dealkylation sites (tertiary alicyclic amines) is 1. The van der Waals surface area contributed by atoms with Crippen LogP contribution in [0.15, 0.2) is 12.1 Å². The second-order valence-corrected chi connectivity index (χ2v) is 8.50. The van der Waals surface area contributed by atoms with Crippen LogP contribution in [0.5, 0.6) is 0 Å². The van der Waals surface area contributed by atoms with Crippen LogP contribution in [0.3, 0.4) is 0 Å². The normalized spacial score (nSPS) is 31.2. The van der Waals surface area contributed by atoms with Gasteiger partial charge in [0.25, 0.3) is 0 Å². The molecule has 1 aromatic rings. The number of carbonyl (C=O) groups is 1. The van der Waals surface area contributed by atoms with Crippen LogP contribution in [0.1, 0.15) is 29.0 Å². The molecule has 5 nitrogen and oxygen atoms in total. The number of piperidine rings is 1. The Bertz CT molecular complexity index is 585. The van der Waals surface area contributed by atoms with Crippen molar-refractivity contribution in [3.63, 3.8) is 0 Å². The zero-order chi connectivity index (χ0) is 16.5. The van der Waals surface area contributed by atoms with E-state index in [1.54, 1.807) is 5.06 Å². The molecule has 6 heteroatoms. The maximum atomic E-state index is 12.9. The Balaban J connectivity index is 1.43. The molecule has 3 aliphatic rings. The van der Waals surface area contributed by atoms with Crippen molar-refractivity contribution >= 4 is 17.2 Å². The van der Waals surface area contributed by atoms with E-state index in [1.807, 2.05) is 11.3 Å². The number of hydrogen-bond acceptors (Lipinski definition) is 5. The molecule has 0 N–H and O–H groups in total. The Hall–Kier alpha value is -0.950. The highest BCUT2D eigenvalue weighted by atomic mass is 32.1. The molecule has 3 fully saturated rings. The van der Waals surface area contributed by atoms with Crippen molar-refractivity contribution < 1.29 is 14.4 Å². The Morgan fingerprint density at radius 1 is 1.29 bits per heavy atom. The third kappa shape index (κ3) is 3.38. The lowest BCUT2D eigenvalue weighted by atomic mass is 9.79. The summed E-state index contributed by atoms with van der Waals surface area (Å²) in [5, 5.41) is 1.61. The summed E-state index contributed by atoms with van der Waals surface area (Å²) in [6.45, 7) is 7.27. The van der Waals surface area contributed by atoms with E-state index in [0.29, 0.717) is 19.1 Å². The molecule has 0 radical (unpaired) electrons. The maximum absolute atomic E-state index is 12.9. The maximum Gasteiger partial charge on any atom is 0.249 e. The molecule has 132 valence electrons. The topological polar surface area (TPSA) is 42.0 Å². The number of hydrogen-bond donors (Lipinski definition) is 0. The molecule has 4 rings (SSSR count). The van der Waals surface area contributed by atoms with Crippen LogP contribution in [-0.4, -0.2) is 54.8 Å². The minimum Gasteiger partial charge on any atom is -0.378 e. The molecule has 4 heterocycles. The highest BCUT2D eigenvalue weighted by Gasteiger charge is 2.43. The van der Waals surface area contributed by atoms with E-state index in [-0.39, 0.29) is 17.9 Å². The van der Waals surface area contributed by atoms with Gasteiger partial charge in [0, 0.05) is 47.8 Å². The predicted molar refractivity (Wildman–Crippen MR) is 92.6 cm³/mol. The van der Waals surface area contributed by atoms with E-state index >= 15 is 0 Å². The van der Waals surface area contributed by atoms with Crippen molar-refractivity contribution in [1.82, 2.24) is 9.96 Å². The number of aryl methyl sites for hydroxylation is 1. The highest BCUT2D eigenvalue weighted by Crippen LogP contribution is 2.35. The zero-order valence-corrected chi connectivity index (χ0v) is 15.1. The van der Waals surface area contributed by atoms with Crippen molar-refractivity contribution in [2.45, 2.75) is 38.8 Å². The molecule has 0 aromatic carbocycles. The average molecular weight is 350 g/mol. The van der Waals surface area contributed by atoms with Crippen molar-refractivity contribution in [3.8, 4) is 0 Å². The molecule has 1 aromatic heterocycles. The Morgan fingerprint density at radius 3 is 2.96 bits per heavy atom. The van der Waals surface area contributed by atoms with E-state index in [1.165, 1.54) is 9.75 Å². The van der Waals surface area contributed by atoms with Crippen molar-refractivity contribution in [1.29, 1.82) is 0 Å². The molecule has 24 heavy (non-hydrogen) atoms. The fourth-order valence-corrected chi connectivity index (χ4v) is 5.16. The molecule has 0 aliphatic carbocycles. The van der Waals surface area contributed by atoms with Gasteiger partial charge in [0.1, 0.15) is 0 Å². The predicted octanol–water partition coefficient (Wildman–Crippen LogP) is 2.45. The van der Waals surface area contributed by atoms with Gasteiger partial charge in [-0.05, 0) is 38.3 Å². The van der Waals surface area contributed by atoms with Gasteiger partial charge in [-0.3, -0.25) is 14.5 Å². The number of amides is 1. The van der Waals surface area contributed by atoms with E-state index in [4.69, 9.17) is 9.57 Å². The number of nitrogens with zero attached hydrogens (tertiary/aromatic N) is 2. The van der Waals surface area contributed by atoms with Gasteiger partial charge < -0.3 is 4.74 Å². The van der Waals surface area contributed by atoms with Gasteiger partial charge in [0.2, 0.25) is 5.91 Å². The quantitative estimate of drug-likeness (QED) is 0.840. The van der Waals surface area contributed by atoms with Gasteiger partial charge >= 0.3 is 0 Å². The summed E-state index contributed by atoms with van der Waals surface area (Å²) in [5.41, 5.74) is 0. The molecule has 0 bridgehead atoms. The van der Waals surface area contributed by atoms with E-state index in [9.17, 15) is 4.79 Å². The summed E-state index contributed by atoms with van der Waals surface area (Å²) in [6.07, 6.45) is 3.04. The van der Waals surface area contributed by atoms with E-state index < -0.39 is 0 Å². The Labute approximate surface area is 147 Å². The van der Waals surface area contributed by atoms with Gasteiger partial charge in [-0.2, -0.15) is 0 Å². The summed E-state index contributed by atoms with van der Waals surface area (Å²) in [6, 6.07) is 4.41. The number of hydroxylamine groups is 2. The highest BCUT2D eigenvalue weighted by molar-refractivity contribution is 7.11. The van der Waals surface area contributed by atoms with Crippen LogP contribution < -0.4 is 0 Å². The molecule has 3 aliphatic heterocycles. The molecular formula is C18H26N2O3S. The fraction of sp³-hybridized carbons (Fsp3) is 0.722. The second-order valence-electron chi connectivity index (χ2n) is 7.13. The number of carbonyl (C=O) groups excluding carboxylic acids is 1. The summed E-state index contributed by atoms with van der Waals surface area (Å²) in [7, 11) is 0. The number of fused-ring (bicyclic) bond motifs is 1. The lowest BCUT2D eigenvalue weighted by Crippen LogP contribution is -2.53. The van der Waals surface area contributed by atoms with Crippen LogP contribution >= 0.6 is 11.3 Å². The second kappa shape index (κ2) is 7.12. The van der Waals surface area contributed by atoms with Crippen LogP contribution in [0.4, 0.5) is 0 Å². The summed E-state index contributed by atoms with van der Waals surface area (Å²) in [4.78, 5) is 23.6. The molecule has 0 saturated carbocycles. The number of ether oxygens (including phenoxy) is 1. The van der Waals surface area contributed by atoms with Gasteiger partial charge in [0.15, 0.2) is 0 Å². The van der Waals surface area contributed by atoms with Crippen LogP contribution in [0, 0.1) is 18.8 Å². The van der Waals surface area contributed by atoms with Crippen LogP contribution in [0.2, 0.25) is 0 Å². The van der Waals surface area contributed by atoms with Crippen molar-refractivity contribution in [2.75, 3.05) is 32.8 Å². The standard InChI is InChI=1S/C18H26N2O3S/c1-13-3-4-14(24-13)11-19-8-5-17-16(12-19)15(6-10-22-17)18(21)20-7-2-9-23-20/h3-4,15-17H,2,5-12H2,1H3/t15-,16+,17-/m1/s1. The van der Waals surface area contributed by atoms with Gasteiger partial charge in [-0.15, -0.1) is 11.3 Å². The van der Waals surface area contributed by atoms with E-state index in [2.05, 4.69) is 24.0 Å². The summed E-state index contributed by atoms with van der Waals surface area (Å²) < 4.78 is 5.99. The number of rotatable bonds is 3. The molecular weight excluding hydrogens is 324 g/mol. The molecule has 0 unspecified atom stereocenters. The van der Waals surface area contributed by atoms with Crippen LogP contribution in [0.25, 0.3) is 0 Å². The molecule has 0 spiro atoms. The average Bonchev–Trinajstić information content (AvgIpc) is 3.25. The Morgan fingerprint density at radius 2 is 2.21 bits per heavy atom. The van der Waals surface area contributed by atoms with Crippen molar-refractivity contribution in [3.05, 3.63) is 21.9 Å². The third-order valence-electron chi connectivity index (χ3n) is 5.45. The summed E-state index contributed by atoms with van der Waals surface area (Å²) in [5.74, 6) is 0.527. The first kappa shape index (κ1) is 16.5. The van der Waals surface area contributed by atoms with Crippen LogP contribution in [-0.2, 0) is 20.9 Å². The minimum absolute atomic E-state index is 0.0507.